The van der Waals surface area contributed by atoms with Gasteiger partial charge in [0.05, 0.1) is 21.1 Å². The lowest BCUT2D eigenvalue weighted by molar-refractivity contribution is 0.0699. The van der Waals surface area contributed by atoms with Gasteiger partial charge in [-0.3, -0.25) is 0 Å². The molecule has 3 heterocycles. The van der Waals surface area contributed by atoms with Crippen LogP contribution in [0.3, 0.4) is 0 Å². The number of hydrogen-bond acceptors (Lipinski definition) is 4. The Hall–Kier alpha value is -3.22. The van der Waals surface area contributed by atoms with E-state index in [1.54, 1.807) is 6.20 Å². The van der Waals surface area contributed by atoms with Gasteiger partial charge in [-0.25, -0.2) is 4.79 Å². The molecule has 4 aromatic rings. The van der Waals surface area contributed by atoms with Crippen molar-refractivity contribution in [1.29, 1.82) is 0 Å². The van der Waals surface area contributed by atoms with Crippen molar-refractivity contribution in [2.75, 3.05) is 18.0 Å². The van der Waals surface area contributed by atoms with Crippen molar-refractivity contribution in [3.63, 3.8) is 0 Å². The molecule has 3 fully saturated rings. The first-order chi connectivity index (χ1) is 17.9. The lowest BCUT2D eigenvalue weighted by atomic mass is 10.0. The summed E-state index contributed by atoms with van der Waals surface area (Å²) in [6, 6.07) is 11.6. The van der Waals surface area contributed by atoms with Crippen molar-refractivity contribution >= 4 is 51.8 Å². The summed E-state index contributed by atoms with van der Waals surface area (Å²) in [6.45, 7) is 1.98. The largest absolute Gasteiger partial charge is 0.478 e. The first-order valence-corrected chi connectivity index (χ1v) is 13.4. The highest BCUT2D eigenvalue weighted by molar-refractivity contribution is 6.39. The first kappa shape index (κ1) is 22.9. The number of carboxylic acids is 1. The molecule has 2 aromatic heterocycles. The number of aromatic nitrogens is 2. The molecule has 7 rings (SSSR count). The van der Waals surface area contributed by atoms with Gasteiger partial charge in [-0.2, -0.15) is 0 Å². The van der Waals surface area contributed by atoms with Crippen LogP contribution in [0, 0.1) is 17.8 Å². The van der Waals surface area contributed by atoms with Crippen LogP contribution in [0.1, 0.15) is 40.4 Å². The SMILES string of the molecule is Cn1cc(C(=O)O)c2ccc(N3CC4C(C=Cc5c(-c6c(Cl)cccc6Cl)noc5C5CC5)C4C3)cc21. The predicted molar refractivity (Wildman–Crippen MR) is 146 cm³/mol. The van der Waals surface area contributed by atoms with Crippen LogP contribution in [0.25, 0.3) is 28.2 Å². The maximum atomic E-state index is 11.5. The minimum atomic E-state index is -0.895. The number of benzene rings is 2. The first-order valence-electron chi connectivity index (χ1n) is 12.6. The molecule has 1 N–H and O–H groups in total. The van der Waals surface area contributed by atoms with Crippen LogP contribution >= 0.6 is 23.2 Å². The lowest BCUT2D eigenvalue weighted by Gasteiger charge is -2.22. The summed E-state index contributed by atoms with van der Waals surface area (Å²) in [5.41, 5.74) is 4.88. The van der Waals surface area contributed by atoms with E-state index in [2.05, 4.69) is 28.3 Å². The van der Waals surface area contributed by atoms with Gasteiger partial charge in [0.1, 0.15) is 11.5 Å². The fraction of sp³-hybridized carbons (Fsp3) is 0.310. The highest BCUT2D eigenvalue weighted by atomic mass is 35.5. The summed E-state index contributed by atoms with van der Waals surface area (Å²) in [5, 5.41) is 15.8. The zero-order valence-corrected chi connectivity index (χ0v) is 21.7. The van der Waals surface area contributed by atoms with Gasteiger partial charge >= 0.3 is 5.97 Å². The molecule has 6 nitrogen and oxygen atoms in total. The van der Waals surface area contributed by atoms with E-state index in [1.165, 1.54) is 0 Å². The topological polar surface area (TPSA) is 71.5 Å². The Morgan fingerprint density at radius 1 is 1.14 bits per heavy atom. The van der Waals surface area contributed by atoms with Gasteiger partial charge in [0, 0.05) is 54.5 Å². The van der Waals surface area contributed by atoms with E-state index in [9.17, 15) is 9.90 Å². The molecular formula is C29H25Cl2N3O3. The number of allylic oxidation sites excluding steroid dienone is 1. The van der Waals surface area contributed by atoms with Crippen molar-refractivity contribution < 1.29 is 14.4 Å². The quantitative estimate of drug-likeness (QED) is 0.286. The summed E-state index contributed by atoms with van der Waals surface area (Å²) in [6.07, 6.45) is 8.42. The van der Waals surface area contributed by atoms with Crippen molar-refractivity contribution in [2.45, 2.75) is 18.8 Å². The number of carbonyl (C=O) groups is 1. The van der Waals surface area contributed by atoms with E-state index in [1.807, 2.05) is 41.9 Å². The molecule has 1 aliphatic heterocycles. The van der Waals surface area contributed by atoms with Crippen molar-refractivity contribution in [1.82, 2.24) is 9.72 Å². The summed E-state index contributed by atoms with van der Waals surface area (Å²) >= 11 is 13.0. The van der Waals surface area contributed by atoms with Gasteiger partial charge in [-0.05, 0) is 60.9 Å². The monoisotopic (exact) mass is 533 g/mol. The number of nitrogens with zero attached hydrogens (tertiary/aromatic N) is 3. The molecule has 2 aromatic carbocycles. The Morgan fingerprint density at radius 3 is 2.54 bits per heavy atom. The van der Waals surface area contributed by atoms with Crippen molar-refractivity contribution in [3.8, 4) is 11.3 Å². The third-order valence-corrected chi connectivity index (χ3v) is 8.85. The molecule has 0 spiro atoms. The molecule has 2 aliphatic carbocycles. The molecule has 1 saturated heterocycles. The molecule has 2 unspecified atom stereocenters. The second-order valence-corrected chi connectivity index (χ2v) is 11.3. The standard InChI is InChI=1S/C29H25Cl2N3O3/c1-33-12-22(29(35)36)18-8-7-16(11-25(18)33)34-13-20-17(21(20)14-34)9-10-19-27(32-37-28(19)15-5-6-15)26-23(30)3-2-4-24(26)31/h2-4,7-12,15,17,20-21H,5-6,13-14H2,1H3,(H,35,36). The minimum absolute atomic E-state index is 0.343. The van der Waals surface area contributed by atoms with Crippen LogP contribution in [-0.2, 0) is 7.05 Å². The summed E-state index contributed by atoms with van der Waals surface area (Å²) in [7, 11) is 1.89. The van der Waals surface area contributed by atoms with E-state index in [4.69, 9.17) is 27.7 Å². The number of carboxylic acid groups (broad SMARTS) is 1. The fourth-order valence-corrected chi connectivity index (χ4v) is 6.61. The third-order valence-electron chi connectivity index (χ3n) is 8.22. The number of halogens is 2. The van der Waals surface area contributed by atoms with Gasteiger partial charge in [0.15, 0.2) is 0 Å². The van der Waals surface area contributed by atoms with Gasteiger partial charge in [0.25, 0.3) is 0 Å². The Kier molecular flexibility index (Phi) is 5.21. The molecule has 3 aliphatic rings. The highest BCUT2D eigenvalue weighted by Crippen LogP contribution is 2.54. The highest BCUT2D eigenvalue weighted by Gasteiger charge is 2.54. The summed E-state index contributed by atoms with van der Waals surface area (Å²) < 4.78 is 7.69. The summed E-state index contributed by atoms with van der Waals surface area (Å²) in [4.78, 5) is 14.0. The van der Waals surface area contributed by atoms with E-state index >= 15 is 0 Å². The molecule has 2 atom stereocenters. The number of aryl methyl sites for hydroxylation is 1. The zero-order valence-electron chi connectivity index (χ0n) is 20.2. The van der Waals surface area contributed by atoms with Crippen LogP contribution in [-0.4, -0.2) is 33.9 Å². The third kappa shape index (κ3) is 3.77. The molecule has 188 valence electrons. The maximum Gasteiger partial charge on any atom is 0.337 e. The zero-order chi connectivity index (χ0) is 25.4. The van der Waals surface area contributed by atoms with Gasteiger partial charge < -0.3 is 19.1 Å². The number of fused-ring (bicyclic) bond motifs is 2. The van der Waals surface area contributed by atoms with E-state index in [0.717, 1.165) is 65.1 Å². The number of piperidine rings is 1. The van der Waals surface area contributed by atoms with Gasteiger partial charge in [0.2, 0.25) is 0 Å². The van der Waals surface area contributed by atoms with Crippen LogP contribution in [0.5, 0.6) is 0 Å². The molecular weight excluding hydrogens is 509 g/mol. The molecule has 8 heteroatoms. The normalized spacial score (nSPS) is 22.8. The number of anilines is 1. The Labute approximate surface area is 224 Å². The Morgan fingerprint density at radius 2 is 1.86 bits per heavy atom. The van der Waals surface area contributed by atoms with Gasteiger partial charge in [-0.15, -0.1) is 0 Å². The van der Waals surface area contributed by atoms with E-state index < -0.39 is 5.97 Å². The average Bonchev–Trinajstić information content (AvgIpc) is 3.68. The molecule has 37 heavy (non-hydrogen) atoms. The smallest absolute Gasteiger partial charge is 0.337 e. The van der Waals surface area contributed by atoms with Gasteiger partial charge in [-0.1, -0.05) is 46.6 Å². The Balaban J connectivity index is 1.11. The molecule has 2 saturated carbocycles. The molecule has 0 amide bonds. The van der Waals surface area contributed by atoms with Crippen LogP contribution in [0.2, 0.25) is 10.0 Å². The van der Waals surface area contributed by atoms with Crippen LogP contribution in [0.15, 0.2) is 53.2 Å². The second-order valence-electron chi connectivity index (χ2n) is 10.5. The van der Waals surface area contributed by atoms with E-state index in [-0.39, 0.29) is 0 Å². The van der Waals surface area contributed by atoms with Crippen molar-refractivity contribution in [2.24, 2.45) is 24.8 Å². The molecule has 0 bridgehead atoms. The maximum absolute atomic E-state index is 11.5. The Bertz CT molecular complexity index is 1570. The van der Waals surface area contributed by atoms with Crippen LogP contribution < -0.4 is 4.90 Å². The lowest BCUT2D eigenvalue weighted by Crippen LogP contribution is -2.23. The second kappa shape index (κ2) is 8.40. The van der Waals surface area contributed by atoms with Crippen molar-refractivity contribution in [3.05, 3.63) is 75.6 Å². The number of aromatic carboxylic acids is 1. The predicted octanol–water partition coefficient (Wildman–Crippen LogP) is 7.11. The minimum Gasteiger partial charge on any atom is -0.478 e. The average molecular weight is 534 g/mol. The van der Waals surface area contributed by atoms with E-state index in [0.29, 0.717) is 39.3 Å². The van der Waals surface area contributed by atoms with Crippen LogP contribution in [0.4, 0.5) is 5.69 Å². The molecule has 0 radical (unpaired) electrons. The summed E-state index contributed by atoms with van der Waals surface area (Å²) in [5.74, 6) is 2.19. The number of rotatable bonds is 6. The number of hydrogen-bond donors (Lipinski definition) is 1. The fourth-order valence-electron chi connectivity index (χ4n) is 6.03.